The second-order valence-corrected chi connectivity index (χ2v) is 5.73. The maximum Gasteiger partial charge on any atom is 0.168 e. The van der Waals surface area contributed by atoms with Crippen LogP contribution in [0.1, 0.15) is 15.9 Å². The monoisotopic (exact) mass is 389 g/mol. The van der Waals surface area contributed by atoms with Gasteiger partial charge < -0.3 is 5.73 Å². The summed E-state index contributed by atoms with van der Waals surface area (Å²) in [6.45, 7) is 0. The lowest BCUT2D eigenvalue weighted by Gasteiger charge is -2.06. The summed E-state index contributed by atoms with van der Waals surface area (Å²) in [4.78, 5) is 12.1. The van der Waals surface area contributed by atoms with Crippen molar-refractivity contribution in [2.24, 2.45) is 0 Å². The first-order chi connectivity index (χ1) is 8.97. The number of carbonyl (C=O) groups excluding carboxylic acids is 1. The van der Waals surface area contributed by atoms with Crippen LogP contribution >= 0.6 is 34.2 Å². The van der Waals surface area contributed by atoms with E-state index in [1.807, 2.05) is 22.6 Å². The highest BCUT2D eigenvalue weighted by atomic mass is 127. The summed E-state index contributed by atoms with van der Waals surface area (Å²) in [5.41, 5.74) is 6.75. The molecule has 0 aromatic heterocycles. The number of Topliss-reactive ketones (excluding diaryl/α,β-unsaturated/α-hetero) is 1. The van der Waals surface area contributed by atoms with Crippen LogP contribution in [0.15, 0.2) is 36.4 Å². The largest absolute Gasteiger partial charge is 0.399 e. The molecule has 2 aromatic rings. The summed E-state index contributed by atoms with van der Waals surface area (Å²) in [5, 5.41) is 0.324. The Hall–Kier alpha value is -1.14. The van der Waals surface area contributed by atoms with E-state index < -0.39 is 0 Å². The minimum absolute atomic E-state index is 0.0358. The number of anilines is 1. The van der Waals surface area contributed by atoms with Crippen LogP contribution in [0.5, 0.6) is 0 Å². The molecule has 0 fully saturated rings. The molecule has 0 amide bonds. The van der Waals surface area contributed by atoms with Gasteiger partial charge in [-0.25, -0.2) is 4.39 Å². The van der Waals surface area contributed by atoms with Gasteiger partial charge in [0.1, 0.15) is 5.82 Å². The predicted molar refractivity (Wildman–Crippen MR) is 83.0 cm³/mol. The van der Waals surface area contributed by atoms with E-state index in [4.69, 9.17) is 17.3 Å². The summed E-state index contributed by atoms with van der Waals surface area (Å²) < 4.78 is 14.5. The molecule has 0 heterocycles. The van der Waals surface area contributed by atoms with E-state index in [0.29, 0.717) is 21.8 Å². The molecule has 0 saturated carbocycles. The predicted octanol–water partition coefficient (Wildman–Crippen LogP) is 4.09. The van der Waals surface area contributed by atoms with Crippen molar-refractivity contribution >= 4 is 45.7 Å². The first kappa shape index (κ1) is 14.3. The first-order valence-electron chi connectivity index (χ1n) is 5.49. The van der Waals surface area contributed by atoms with E-state index >= 15 is 0 Å². The highest BCUT2D eigenvalue weighted by Crippen LogP contribution is 2.22. The molecule has 0 unspecified atom stereocenters. The molecule has 0 spiro atoms. The van der Waals surface area contributed by atoms with Crippen LogP contribution in [-0.4, -0.2) is 5.78 Å². The van der Waals surface area contributed by atoms with E-state index in [0.717, 1.165) is 3.57 Å². The fourth-order valence-electron chi connectivity index (χ4n) is 1.69. The number of benzene rings is 2. The molecule has 0 radical (unpaired) electrons. The third-order valence-corrected chi connectivity index (χ3v) is 3.66. The molecule has 2 nitrogen and oxygen atoms in total. The lowest BCUT2D eigenvalue weighted by atomic mass is 10.0. The minimum Gasteiger partial charge on any atom is -0.399 e. The molecule has 2 N–H and O–H groups in total. The van der Waals surface area contributed by atoms with Gasteiger partial charge in [-0.1, -0.05) is 17.7 Å². The Labute approximate surface area is 128 Å². The molecule has 0 bridgehead atoms. The van der Waals surface area contributed by atoms with Crippen LogP contribution < -0.4 is 5.73 Å². The van der Waals surface area contributed by atoms with Gasteiger partial charge >= 0.3 is 0 Å². The van der Waals surface area contributed by atoms with E-state index in [1.54, 1.807) is 24.3 Å². The third kappa shape index (κ3) is 3.45. The molecule has 2 aromatic carbocycles. The van der Waals surface area contributed by atoms with E-state index in [9.17, 15) is 9.18 Å². The summed E-state index contributed by atoms with van der Waals surface area (Å²) in [6.07, 6.45) is -0.0358. The zero-order valence-electron chi connectivity index (χ0n) is 9.79. The van der Waals surface area contributed by atoms with Gasteiger partial charge in [0.05, 0.1) is 5.02 Å². The second kappa shape index (κ2) is 5.88. The average molecular weight is 390 g/mol. The number of carbonyl (C=O) groups is 1. The molecule has 0 saturated heterocycles. The lowest BCUT2D eigenvalue weighted by Crippen LogP contribution is -2.07. The average Bonchev–Trinajstić information content (AvgIpc) is 2.35. The Kier molecular flexibility index (Phi) is 4.42. The number of hydrogen-bond acceptors (Lipinski definition) is 2. The molecular formula is C14H10ClFINO. The van der Waals surface area contributed by atoms with Crippen molar-refractivity contribution in [3.63, 3.8) is 0 Å². The highest BCUT2D eigenvalue weighted by Gasteiger charge is 2.14. The molecule has 0 aliphatic carbocycles. The molecule has 2 rings (SSSR count). The maximum absolute atomic E-state index is 13.7. The van der Waals surface area contributed by atoms with Crippen LogP contribution in [-0.2, 0) is 6.42 Å². The molecular weight excluding hydrogens is 380 g/mol. The number of hydrogen-bond donors (Lipinski definition) is 1. The lowest BCUT2D eigenvalue weighted by molar-refractivity contribution is 0.0992. The van der Waals surface area contributed by atoms with Crippen LogP contribution in [0.4, 0.5) is 10.1 Å². The van der Waals surface area contributed by atoms with Gasteiger partial charge in [-0.15, -0.1) is 0 Å². The smallest absolute Gasteiger partial charge is 0.168 e. The van der Waals surface area contributed by atoms with Crippen molar-refractivity contribution < 1.29 is 9.18 Å². The zero-order chi connectivity index (χ0) is 14.0. The Balaban J connectivity index is 2.28. The van der Waals surface area contributed by atoms with E-state index in [1.165, 1.54) is 12.1 Å². The second-order valence-electron chi connectivity index (χ2n) is 4.07. The summed E-state index contributed by atoms with van der Waals surface area (Å²) in [5.74, 6) is -0.641. The Morgan fingerprint density at radius 2 is 2.00 bits per heavy atom. The van der Waals surface area contributed by atoms with Crippen molar-refractivity contribution in [1.29, 1.82) is 0 Å². The summed E-state index contributed by atoms with van der Waals surface area (Å²) in [7, 11) is 0. The minimum atomic E-state index is -0.389. The number of ketones is 1. The molecule has 0 aliphatic rings. The molecule has 98 valence electrons. The molecule has 0 atom stereocenters. The molecule has 19 heavy (non-hydrogen) atoms. The van der Waals surface area contributed by atoms with E-state index in [2.05, 4.69) is 0 Å². The number of nitrogens with two attached hydrogens (primary N) is 1. The molecule has 5 heteroatoms. The summed E-state index contributed by atoms with van der Waals surface area (Å²) >= 11 is 7.97. The van der Waals surface area contributed by atoms with Gasteiger partial charge in [0.25, 0.3) is 0 Å². The fourth-order valence-corrected chi connectivity index (χ4v) is 2.37. The van der Waals surface area contributed by atoms with Gasteiger partial charge in [-0.3, -0.25) is 4.79 Å². The first-order valence-corrected chi connectivity index (χ1v) is 6.95. The van der Waals surface area contributed by atoms with Crippen molar-refractivity contribution in [2.45, 2.75) is 6.42 Å². The van der Waals surface area contributed by atoms with Gasteiger partial charge in [-0.05, 0) is 58.5 Å². The van der Waals surface area contributed by atoms with Crippen LogP contribution in [0.3, 0.4) is 0 Å². The van der Waals surface area contributed by atoms with Crippen LogP contribution in [0, 0.1) is 9.39 Å². The highest BCUT2D eigenvalue weighted by molar-refractivity contribution is 14.1. The van der Waals surface area contributed by atoms with Crippen molar-refractivity contribution in [3.8, 4) is 0 Å². The van der Waals surface area contributed by atoms with Crippen molar-refractivity contribution in [3.05, 3.63) is 61.9 Å². The van der Waals surface area contributed by atoms with Gasteiger partial charge in [-0.2, -0.15) is 0 Å². The Morgan fingerprint density at radius 1 is 1.26 bits per heavy atom. The van der Waals surface area contributed by atoms with Crippen LogP contribution in [0.25, 0.3) is 0 Å². The fraction of sp³-hybridized carbons (Fsp3) is 0.0714. The van der Waals surface area contributed by atoms with Crippen molar-refractivity contribution in [1.82, 2.24) is 0 Å². The molecule has 0 aliphatic heterocycles. The van der Waals surface area contributed by atoms with Crippen molar-refractivity contribution in [2.75, 3.05) is 5.73 Å². The van der Waals surface area contributed by atoms with Crippen LogP contribution in [0.2, 0.25) is 5.02 Å². The number of halogens is 3. The zero-order valence-corrected chi connectivity index (χ0v) is 12.7. The normalized spacial score (nSPS) is 10.5. The quantitative estimate of drug-likeness (QED) is 0.488. The Morgan fingerprint density at radius 3 is 2.68 bits per heavy atom. The maximum atomic E-state index is 13.7. The van der Waals surface area contributed by atoms with Gasteiger partial charge in [0, 0.05) is 21.2 Å². The number of rotatable bonds is 3. The number of nitrogen functional groups attached to an aromatic ring is 1. The van der Waals surface area contributed by atoms with Gasteiger partial charge in [0.15, 0.2) is 5.78 Å². The topological polar surface area (TPSA) is 43.1 Å². The van der Waals surface area contributed by atoms with E-state index in [-0.39, 0.29) is 18.0 Å². The Bertz CT molecular complexity index is 645. The summed E-state index contributed by atoms with van der Waals surface area (Å²) in [6, 6.07) is 9.45. The standard InChI is InChI=1S/C14H10ClFINO/c15-12-4-3-10(18)7-11(12)14(19)5-8-1-2-9(17)6-13(8)16/h1-4,6-7H,5,18H2. The van der Waals surface area contributed by atoms with Gasteiger partial charge in [0.2, 0.25) is 0 Å². The third-order valence-electron chi connectivity index (χ3n) is 2.66. The SMILES string of the molecule is Nc1ccc(Cl)c(C(=O)Cc2ccc(I)cc2F)c1.